The van der Waals surface area contributed by atoms with E-state index in [-0.39, 0.29) is 19.6 Å². The molecule has 2 N–H and O–H groups in total. The normalized spacial score (nSPS) is 25.5. The van der Waals surface area contributed by atoms with E-state index < -0.39 is 35.2 Å². The lowest BCUT2D eigenvalue weighted by atomic mass is 9.91. The van der Waals surface area contributed by atoms with Gasteiger partial charge in [-0.2, -0.15) is 0 Å². The second-order valence-electron chi connectivity index (χ2n) is 7.77. The largest absolute Gasteiger partial charge is 0.396 e. The van der Waals surface area contributed by atoms with Crippen LogP contribution < -0.4 is 11.2 Å². The highest BCUT2D eigenvalue weighted by Gasteiger charge is 2.56. The Bertz CT molecular complexity index is 864. The fourth-order valence-corrected chi connectivity index (χ4v) is 3.69. The molecule has 0 saturated carbocycles. The second kappa shape index (κ2) is 12.0. The Morgan fingerprint density at radius 2 is 2.03 bits per heavy atom. The van der Waals surface area contributed by atoms with Crippen molar-refractivity contribution in [3.05, 3.63) is 43.0 Å². The minimum atomic E-state index is -1.12. The van der Waals surface area contributed by atoms with Gasteiger partial charge in [-0.25, -0.2) is 4.79 Å². The summed E-state index contributed by atoms with van der Waals surface area (Å²) in [4.78, 5) is 29.6. The number of hydrogen-bond donors (Lipinski definition) is 2. The average molecular weight is 440 g/mol. The molecule has 1 aromatic heterocycles. The van der Waals surface area contributed by atoms with E-state index in [2.05, 4.69) is 15.0 Å². The van der Waals surface area contributed by atoms with Crippen LogP contribution in [0.25, 0.3) is 10.4 Å². The van der Waals surface area contributed by atoms with E-state index in [1.54, 1.807) is 6.92 Å². The molecule has 0 spiro atoms. The molecule has 31 heavy (non-hydrogen) atoms. The molecule has 2 rings (SSSR count). The molecule has 1 saturated heterocycles. The third kappa shape index (κ3) is 5.96. The maximum Gasteiger partial charge on any atom is 0.330 e. The quantitative estimate of drug-likeness (QED) is 0.208. The van der Waals surface area contributed by atoms with E-state index in [0.717, 1.165) is 25.7 Å². The summed E-state index contributed by atoms with van der Waals surface area (Å²) in [5.74, 6) is 0. The van der Waals surface area contributed by atoms with Gasteiger partial charge < -0.3 is 19.3 Å². The highest BCUT2D eigenvalue weighted by Crippen LogP contribution is 2.43. The number of hydrogen-bond acceptors (Lipinski definition) is 7. The van der Waals surface area contributed by atoms with Crippen molar-refractivity contribution in [3.8, 4) is 0 Å². The van der Waals surface area contributed by atoms with Gasteiger partial charge in [0.2, 0.25) is 0 Å². The number of nitrogens with one attached hydrogen (secondary N) is 1. The molecule has 11 heteroatoms. The Labute approximate surface area is 181 Å². The van der Waals surface area contributed by atoms with Crippen molar-refractivity contribution in [2.24, 2.45) is 5.11 Å². The lowest BCUT2D eigenvalue weighted by molar-refractivity contribution is -0.160. The van der Waals surface area contributed by atoms with Crippen molar-refractivity contribution >= 4 is 0 Å². The molecular formula is C20H33N5O6. The zero-order valence-electron chi connectivity index (χ0n) is 18.5. The highest BCUT2D eigenvalue weighted by molar-refractivity contribution is 5.08. The number of ether oxygens (including phenoxy) is 3. The summed E-state index contributed by atoms with van der Waals surface area (Å²) in [5, 5.41) is 13.7. The van der Waals surface area contributed by atoms with Gasteiger partial charge in [0.1, 0.15) is 24.0 Å². The Hall–Kier alpha value is -2.17. The van der Waals surface area contributed by atoms with Crippen LogP contribution in [-0.4, -0.2) is 58.8 Å². The lowest BCUT2D eigenvalue weighted by Gasteiger charge is -2.34. The van der Waals surface area contributed by atoms with E-state index >= 15 is 0 Å². The van der Waals surface area contributed by atoms with Crippen molar-refractivity contribution in [1.82, 2.24) is 9.55 Å². The zero-order valence-corrected chi connectivity index (χ0v) is 18.5. The second-order valence-corrected chi connectivity index (χ2v) is 7.77. The summed E-state index contributed by atoms with van der Waals surface area (Å²) in [5.41, 5.74) is 7.22. The van der Waals surface area contributed by atoms with Gasteiger partial charge in [-0.05, 0) is 25.3 Å². The maximum absolute atomic E-state index is 12.5. The van der Waals surface area contributed by atoms with Gasteiger partial charge >= 0.3 is 5.69 Å². The first-order valence-electron chi connectivity index (χ1n) is 10.8. The number of H-pyrrole nitrogens is 1. The summed E-state index contributed by atoms with van der Waals surface area (Å²) in [6.45, 7) is 6.44. The fraction of sp³-hybridized carbons (Fsp3) is 0.800. The van der Waals surface area contributed by atoms with Gasteiger partial charge in [-0.3, -0.25) is 14.3 Å². The van der Waals surface area contributed by atoms with Crippen molar-refractivity contribution < 1.29 is 19.3 Å². The number of aromatic nitrogens is 2. The molecule has 2 heterocycles. The molecule has 0 amide bonds. The Kier molecular flexibility index (Phi) is 9.73. The number of nitrogens with zero attached hydrogens (tertiary/aromatic N) is 4. The van der Waals surface area contributed by atoms with E-state index in [0.29, 0.717) is 18.8 Å². The smallest absolute Gasteiger partial charge is 0.330 e. The van der Waals surface area contributed by atoms with E-state index in [1.165, 1.54) is 10.8 Å². The molecular weight excluding hydrogens is 406 g/mol. The number of rotatable bonds is 13. The average Bonchev–Trinajstić information content (AvgIpc) is 3.02. The monoisotopic (exact) mass is 439 g/mol. The molecule has 11 nitrogen and oxygen atoms in total. The molecule has 1 unspecified atom stereocenters. The number of aliphatic hydroxyl groups is 1. The van der Waals surface area contributed by atoms with Crippen molar-refractivity contribution in [3.63, 3.8) is 0 Å². The Morgan fingerprint density at radius 3 is 2.68 bits per heavy atom. The van der Waals surface area contributed by atoms with Gasteiger partial charge in [0.15, 0.2) is 0 Å². The predicted molar refractivity (Wildman–Crippen MR) is 114 cm³/mol. The van der Waals surface area contributed by atoms with E-state index in [1.807, 2.05) is 13.8 Å². The predicted octanol–water partition coefficient (Wildman–Crippen LogP) is 2.18. The third-order valence-corrected chi connectivity index (χ3v) is 5.40. The van der Waals surface area contributed by atoms with Gasteiger partial charge in [-0.1, -0.05) is 31.8 Å². The summed E-state index contributed by atoms with van der Waals surface area (Å²) in [6.07, 6.45) is 3.29. The Balaban J connectivity index is 2.50. The molecule has 1 aliphatic rings. The number of aryl methyl sites for hydroxylation is 1. The molecule has 0 aliphatic carbocycles. The van der Waals surface area contributed by atoms with Gasteiger partial charge in [0, 0.05) is 42.9 Å². The van der Waals surface area contributed by atoms with E-state index in [4.69, 9.17) is 14.2 Å². The van der Waals surface area contributed by atoms with Crippen LogP contribution in [0.2, 0.25) is 0 Å². The topological polar surface area (TPSA) is 152 Å². The van der Waals surface area contributed by atoms with Crippen molar-refractivity contribution in [2.75, 3.05) is 26.4 Å². The SMILES string of the molecule is CCCCOC[C@@]1(CCO)O[C@@H](n2cc(C)c(=O)[nH]c2=O)[C@@H](N=[N+]=[N-])C1OCCCC. The first kappa shape index (κ1) is 25.1. The van der Waals surface area contributed by atoms with Crippen LogP contribution in [0.5, 0.6) is 0 Å². The standard InChI is InChI=1S/C20H33N5O6/c1-4-6-10-29-13-20(8-9-26)16(30-11-7-5-2)15(23-24-21)18(31-20)25-12-14(3)17(27)22-19(25)28/h12,15-16,18,26H,4-11,13H2,1-3H3,(H,22,27,28)/t15-,16?,18+,20+/m0/s1. The number of unbranched alkanes of at least 4 members (excludes halogenated alkanes) is 2. The van der Waals surface area contributed by atoms with Crippen LogP contribution in [0, 0.1) is 6.92 Å². The summed E-state index contributed by atoms with van der Waals surface area (Å²) in [7, 11) is 0. The number of aromatic amines is 1. The molecule has 1 fully saturated rings. The lowest BCUT2D eigenvalue weighted by Crippen LogP contribution is -2.49. The zero-order chi connectivity index (χ0) is 22.9. The van der Waals surface area contributed by atoms with E-state index in [9.17, 15) is 20.2 Å². The molecule has 174 valence electrons. The molecule has 4 atom stereocenters. The highest BCUT2D eigenvalue weighted by atomic mass is 16.6. The maximum atomic E-state index is 12.5. The molecule has 1 aliphatic heterocycles. The Morgan fingerprint density at radius 1 is 1.32 bits per heavy atom. The summed E-state index contributed by atoms with van der Waals surface area (Å²) < 4.78 is 19.5. The molecule has 0 radical (unpaired) electrons. The summed E-state index contributed by atoms with van der Waals surface area (Å²) >= 11 is 0. The van der Waals surface area contributed by atoms with Crippen LogP contribution in [-0.2, 0) is 14.2 Å². The van der Waals surface area contributed by atoms with Crippen molar-refractivity contribution in [2.45, 2.75) is 76.9 Å². The van der Waals surface area contributed by atoms with Crippen molar-refractivity contribution in [1.29, 1.82) is 0 Å². The van der Waals surface area contributed by atoms with Gasteiger partial charge in [0.05, 0.1) is 6.61 Å². The minimum absolute atomic E-state index is 0.107. The van der Waals surface area contributed by atoms with Crippen LogP contribution in [0.15, 0.2) is 20.9 Å². The van der Waals surface area contributed by atoms with Crippen LogP contribution in [0.1, 0.15) is 57.7 Å². The van der Waals surface area contributed by atoms with Crippen LogP contribution in [0.3, 0.4) is 0 Å². The first-order valence-corrected chi connectivity index (χ1v) is 10.8. The molecule has 1 aromatic rings. The van der Waals surface area contributed by atoms with Gasteiger partial charge in [0.25, 0.3) is 5.56 Å². The van der Waals surface area contributed by atoms with Crippen LogP contribution >= 0.6 is 0 Å². The van der Waals surface area contributed by atoms with Crippen LogP contribution in [0.4, 0.5) is 0 Å². The third-order valence-electron chi connectivity index (χ3n) is 5.40. The molecule has 0 aromatic carbocycles. The molecule has 0 bridgehead atoms. The fourth-order valence-electron chi connectivity index (χ4n) is 3.69. The van der Waals surface area contributed by atoms with Gasteiger partial charge in [-0.15, -0.1) is 0 Å². The summed E-state index contributed by atoms with van der Waals surface area (Å²) in [6, 6.07) is -0.897. The number of aliphatic hydroxyl groups excluding tert-OH is 1. The minimum Gasteiger partial charge on any atom is -0.396 e. The first-order chi connectivity index (χ1) is 14.9. The number of azide groups is 1.